The predicted octanol–water partition coefficient (Wildman–Crippen LogP) is 11.5. The number of esters is 2. The summed E-state index contributed by atoms with van der Waals surface area (Å²) in [5.74, 6) is -0.887. The normalized spacial score (nSPS) is 12.5. The molecule has 0 fully saturated rings. The third-order valence-electron chi connectivity index (χ3n) is 8.53. The maximum Gasteiger partial charge on any atom is 0.469 e. The Morgan fingerprint density at radius 3 is 1.36 bits per heavy atom. The topological polar surface area (TPSA) is 119 Å². The zero-order valence-corrected chi connectivity index (χ0v) is 31.3. The molecular formula is C38H73O8P. The summed E-state index contributed by atoms with van der Waals surface area (Å²) in [5.41, 5.74) is 0. The minimum absolute atomic E-state index is 0.205. The molecule has 1 atom stereocenters. The molecule has 0 radical (unpaired) electrons. The average molecular weight is 689 g/mol. The first-order chi connectivity index (χ1) is 22.8. The van der Waals surface area contributed by atoms with E-state index >= 15 is 0 Å². The van der Waals surface area contributed by atoms with Gasteiger partial charge < -0.3 is 19.3 Å². The van der Waals surface area contributed by atoms with E-state index in [9.17, 15) is 14.2 Å². The Balaban J connectivity index is 3.87. The summed E-state index contributed by atoms with van der Waals surface area (Å²) in [6.07, 6.45) is 36.5. The van der Waals surface area contributed by atoms with Crippen LogP contribution in [0.2, 0.25) is 0 Å². The fourth-order valence-electron chi connectivity index (χ4n) is 5.59. The summed E-state index contributed by atoms with van der Waals surface area (Å²) in [4.78, 5) is 42.6. The first-order valence-corrected chi connectivity index (χ1v) is 21.0. The number of allylic oxidation sites excluding steroid dienone is 2. The monoisotopic (exact) mass is 689 g/mol. The molecule has 0 saturated heterocycles. The minimum atomic E-state index is -4.74. The average Bonchev–Trinajstić information content (AvgIpc) is 3.03. The van der Waals surface area contributed by atoms with Gasteiger partial charge in [-0.25, -0.2) is 4.57 Å². The molecule has 9 heteroatoms. The van der Waals surface area contributed by atoms with E-state index in [1.807, 2.05) is 0 Å². The Hall–Kier alpha value is -1.21. The van der Waals surface area contributed by atoms with E-state index in [-0.39, 0.29) is 19.4 Å². The maximum atomic E-state index is 12.3. The van der Waals surface area contributed by atoms with Gasteiger partial charge in [0.15, 0.2) is 6.10 Å². The van der Waals surface area contributed by atoms with Crippen molar-refractivity contribution < 1.29 is 37.9 Å². The van der Waals surface area contributed by atoms with Crippen LogP contribution in [0.1, 0.15) is 200 Å². The number of ether oxygens (including phenoxy) is 2. The van der Waals surface area contributed by atoms with Gasteiger partial charge in [-0.1, -0.05) is 167 Å². The molecule has 0 heterocycles. The van der Waals surface area contributed by atoms with Crippen LogP contribution in [-0.4, -0.2) is 41.0 Å². The number of hydrogen-bond donors (Lipinski definition) is 2. The lowest BCUT2D eigenvalue weighted by atomic mass is 10.0. The van der Waals surface area contributed by atoms with Crippen molar-refractivity contribution in [3.05, 3.63) is 12.2 Å². The molecule has 0 aliphatic heterocycles. The highest BCUT2D eigenvalue weighted by atomic mass is 31.2. The molecule has 0 saturated carbocycles. The van der Waals surface area contributed by atoms with Crippen LogP contribution >= 0.6 is 7.82 Å². The molecule has 2 N–H and O–H groups in total. The second-order valence-corrected chi connectivity index (χ2v) is 14.5. The Bertz CT molecular complexity index is 782. The van der Waals surface area contributed by atoms with E-state index in [4.69, 9.17) is 19.3 Å². The number of rotatable bonds is 36. The number of phosphoric acid groups is 1. The molecule has 47 heavy (non-hydrogen) atoms. The van der Waals surface area contributed by atoms with Gasteiger partial charge in [0.25, 0.3) is 0 Å². The SMILES string of the molecule is CCCC/C=C/CCCCCCCC(=O)O[C@H](COC(=O)CCCCCCCCCCCCCCCCCCCC)COP(=O)(O)O. The molecule has 0 aliphatic rings. The summed E-state index contributed by atoms with van der Waals surface area (Å²) in [5, 5.41) is 0. The highest BCUT2D eigenvalue weighted by Crippen LogP contribution is 2.36. The lowest BCUT2D eigenvalue weighted by molar-refractivity contribution is -0.161. The molecular weight excluding hydrogens is 615 g/mol. The summed E-state index contributed by atoms with van der Waals surface area (Å²) in [7, 11) is -4.74. The van der Waals surface area contributed by atoms with E-state index in [0.717, 1.165) is 57.8 Å². The number of carbonyl (C=O) groups is 2. The summed E-state index contributed by atoms with van der Waals surface area (Å²) in [6, 6.07) is 0. The van der Waals surface area contributed by atoms with Crippen LogP contribution in [0.3, 0.4) is 0 Å². The third kappa shape index (κ3) is 37.5. The van der Waals surface area contributed by atoms with E-state index < -0.39 is 32.5 Å². The van der Waals surface area contributed by atoms with Crippen LogP contribution in [-0.2, 0) is 28.2 Å². The molecule has 0 bridgehead atoms. The number of unbranched alkanes of at least 4 members (excludes halogenated alkanes) is 24. The van der Waals surface area contributed by atoms with Gasteiger partial charge in [-0.2, -0.15) is 0 Å². The maximum absolute atomic E-state index is 12.3. The van der Waals surface area contributed by atoms with Crippen LogP contribution < -0.4 is 0 Å². The Morgan fingerprint density at radius 1 is 0.532 bits per heavy atom. The van der Waals surface area contributed by atoms with Crippen molar-refractivity contribution in [2.24, 2.45) is 0 Å². The van der Waals surface area contributed by atoms with Crippen molar-refractivity contribution in [1.82, 2.24) is 0 Å². The van der Waals surface area contributed by atoms with Crippen LogP contribution in [0, 0.1) is 0 Å². The quantitative estimate of drug-likeness (QED) is 0.0289. The molecule has 0 unspecified atom stereocenters. The Kier molecular flexibility index (Phi) is 33.8. The lowest BCUT2D eigenvalue weighted by Crippen LogP contribution is -2.29. The molecule has 0 rings (SSSR count). The molecule has 0 aliphatic carbocycles. The van der Waals surface area contributed by atoms with Crippen molar-refractivity contribution in [2.75, 3.05) is 13.2 Å². The van der Waals surface area contributed by atoms with Crippen molar-refractivity contribution in [3.63, 3.8) is 0 Å². The largest absolute Gasteiger partial charge is 0.469 e. The van der Waals surface area contributed by atoms with Crippen LogP contribution in [0.4, 0.5) is 0 Å². The first kappa shape index (κ1) is 45.8. The van der Waals surface area contributed by atoms with Crippen molar-refractivity contribution in [3.8, 4) is 0 Å². The molecule has 0 aromatic carbocycles. The van der Waals surface area contributed by atoms with E-state index in [2.05, 4.69) is 30.5 Å². The zero-order valence-electron chi connectivity index (χ0n) is 30.4. The fraction of sp³-hybridized carbons (Fsp3) is 0.895. The van der Waals surface area contributed by atoms with E-state index in [1.54, 1.807) is 0 Å². The highest BCUT2D eigenvalue weighted by molar-refractivity contribution is 7.46. The summed E-state index contributed by atoms with van der Waals surface area (Å²) < 4.78 is 26.3. The molecule has 0 aromatic rings. The molecule has 0 aromatic heterocycles. The smallest absolute Gasteiger partial charge is 0.462 e. The zero-order chi connectivity index (χ0) is 34.7. The minimum Gasteiger partial charge on any atom is -0.462 e. The molecule has 278 valence electrons. The third-order valence-corrected chi connectivity index (χ3v) is 9.02. The van der Waals surface area contributed by atoms with Crippen LogP contribution in [0.15, 0.2) is 12.2 Å². The van der Waals surface area contributed by atoms with Gasteiger partial charge in [0.1, 0.15) is 6.61 Å². The Labute approximate surface area is 288 Å². The van der Waals surface area contributed by atoms with Crippen molar-refractivity contribution in [2.45, 2.75) is 206 Å². The second kappa shape index (κ2) is 34.6. The molecule has 0 amide bonds. The number of carbonyl (C=O) groups excluding carboxylic acids is 2. The Morgan fingerprint density at radius 2 is 0.915 bits per heavy atom. The second-order valence-electron chi connectivity index (χ2n) is 13.3. The van der Waals surface area contributed by atoms with Crippen molar-refractivity contribution in [1.29, 1.82) is 0 Å². The summed E-state index contributed by atoms with van der Waals surface area (Å²) in [6.45, 7) is 3.64. The standard InChI is InChI=1S/C38H73O8P/c1-3-5-7-9-11-13-15-16-17-18-19-20-21-23-24-26-28-30-32-37(39)44-34-36(35-45-47(41,42)43)46-38(40)33-31-29-27-25-22-14-12-10-8-6-4-2/h10,12,36H,3-9,11,13-35H2,1-2H3,(H2,41,42,43)/b12-10+/t36-/m1/s1. The lowest BCUT2D eigenvalue weighted by Gasteiger charge is -2.18. The summed E-state index contributed by atoms with van der Waals surface area (Å²) >= 11 is 0. The van der Waals surface area contributed by atoms with Gasteiger partial charge in [0, 0.05) is 12.8 Å². The fourth-order valence-corrected chi connectivity index (χ4v) is 5.95. The van der Waals surface area contributed by atoms with Gasteiger partial charge in [-0.3, -0.25) is 14.1 Å². The number of hydrogen-bond acceptors (Lipinski definition) is 6. The van der Waals surface area contributed by atoms with Gasteiger partial charge in [-0.05, 0) is 32.1 Å². The van der Waals surface area contributed by atoms with E-state index in [0.29, 0.717) is 6.42 Å². The van der Waals surface area contributed by atoms with E-state index in [1.165, 1.54) is 109 Å². The first-order valence-electron chi connectivity index (χ1n) is 19.5. The molecule has 8 nitrogen and oxygen atoms in total. The van der Waals surface area contributed by atoms with Gasteiger partial charge >= 0.3 is 19.8 Å². The van der Waals surface area contributed by atoms with Crippen molar-refractivity contribution >= 4 is 19.8 Å². The van der Waals surface area contributed by atoms with Gasteiger partial charge in [-0.15, -0.1) is 0 Å². The predicted molar refractivity (Wildman–Crippen MR) is 193 cm³/mol. The van der Waals surface area contributed by atoms with Crippen LogP contribution in [0.25, 0.3) is 0 Å². The molecule has 0 spiro atoms. The highest BCUT2D eigenvalue weighted by Gasteiger charge is 2.22. The van der Waals surface area contributed by atoms with Gasteiger partial charge in [0.05, 0.1) is 6.61 Å². The van der Waals surface area contributed by atoms with Crippen LogP contribution in [0.5, 0.6) is 0 Å². The number of phosphoric ester groups is 1. The van der Waals surface area contributed by atoms with Gasteiger partial charge in [0.2, 0.25) is 0 Å².